The monoisotopic (exact) mass is 292 g/mol. The number of thioether (sulfide) groups is 1. The van der Waals surface area contributed by atoms with Gasteiger partial charge in [-0.15, -0.1) is 0 Å². The van der Waals surface area contributed by atoms with Crippen LogP contribution in [0, 0.1) is 0 Å². The van der Waals surface area contributed by atoms with Gasteiger partial charge < -0.3 is 15.2 Å². The molecule has 3 N–H and O–H groups in total. The Labute approximate surface area is 114 Å². The van der Waals surface area contributed by atoms with E-state index in [1.807, 2.05) is 5.32 Å². The van der Waals surface area contributed by atoms with E-state index in [0.29, 0.717) is 12.2 Å². The molecule has 0 aliphatic carbocycles. The third-order valence-corrected chi connectivity index (χ3v) is 2.86. The van der Waals surface area contributed by atoms with E-state index in [1.165, 1.54) is 0 Å². The zero-order chi connectivity index (χ0) is 14.7. The first-order chi connectivity index (χ1) is 9.01. The van der Waals surface area contributed by atoms with Crippen molar-refractivity contribution < 1.29 is 29.0 Å². The van der Waals surface area contributed by atoms with Gasteiger partial charge in [-0.2, -0.15) is 11.8 Å². The molecule has 19 heavy (non-hydrogen) atoms. The molecule has 0 aromatic heterocycles. The first-order valence-corrected chi connectivity index (χ1v) is 6.63. The summed E-state index contributed by atoms with van der Waals surface area (Å²) in [6.45, 7) is 1.79. The molecule has 1 unspecified atom stereocenters. The lowest BCUT2D eigenvalue weighted by Gasteiger charge is -2.10. The number of carboxylic acid groups (broad SMARTS) is 1. The highest BCUT2D eigenvalue weighted by Gasteiger charge is 2.16. The minimum Gasteiger partial charge on any atom is -0.480 e. The van der Waals surface area contributed by atoms with Crippen molar-refractivity contribution in [1.82, 2.24) is 10.6 Å². The van der Waals surface area contributed by atoms with E-state index in [0.717, 1.165) is 11.8 Å². The van der Waals surface area contributed by atoms with Crippen LogP contribution < -0.4 is 10.6 Å². The molecule has 0 bridgehead atoms. The largest absolute Gasteiger partial charge is 0.480 e. The van der Waals surface area contributed by atoms with Crippen LogP contribution in [0.15, 0.2) is 0 Å². The van der Waals surface area contributed by atoms with E-state index >= 15 is 0 Å². The first-order valence-electron chi connectivity index (χ1n) is 5.48. The predicted octanol–water partition coefficient (Wildman–Crippen LogP) is -0.418. The molecule has 0 heterocycles. The molecule has 0 rings (SSSR count). The fourth-order valence-electron chi connectivity index (χ4n) is 1.04. The van der Waals surface area contributed by atoms with Crippen LogP contribution in [0.2, 0.25) is 0 Å². The maximum atomic E-state index is 11.2. The molecule has 0 aliphatic heterocycles. The Kier molecular flexibility index (Phi) is 9.23. The van der Waals surface area contributed by atoms with Crippen molar-refractivity contribution in [3.8, 4) is 0 Å². The summed E-state index contributed by atoms with van der Waals surface area (Å²) >= 11 is 1.15. The van der Waals surface area contributed by atoms with Gasteiger partial charge in [0.2, 0.25) is 12.3 Å². The molecular weight excluding hydrogens is 276 g/mol. The van der Waals surface area contributed by atoms with Gasteiger partial charge in [0.15, 0.2) is 0 Å². The van der Waals surface area contributed by atoms with E-state index in [9.17, 15) is 19.2 Å². The van der Waals surface area contributed by atoms with Gasteiger partial charge in [0, 0.05) is 0 Å². The number of alkyl carbamates (subject to hydrolysis) is 1. The van der Waals surface area contributed by atoms with Crippen LogP contribution in [-0.4, -0.2) is 53.6 Å². The number of hydrogen-bond donors (Lipinski definition) is 3. The zero-order valence-electron chi connectivity index (χ0n) is 10.4. The Balaban J connectivity index is 3.78. The Morgan fingerprint density at radius 2 is 2.11 bits per heavy atom. The van der Waals surface area contributed by atoms with Crippen molar-refractivity contribution in [2.75, 3.05) is 18.1 Å². The summed E-state index contributed by atoms with van der Waals surface area (Å²) in [6, 6.07) is -0.974. The Hall–Kier alpha value is -1.77. The lowest BCUT2D eigenvalue weighted by molar-refractivity contribution is -0.140. The van der Waals surface area contributed by atoms with Crippen LogP contribution in [-0.2, 0) is 19.1 Å². The van der Waals surface area contributed by atoms with Crippen LogP contribution in [0.25, 0.3) is 0 Å². The lowest BCUT2D eigenvalue weighted by Crippen LogP contribution is -2.36. The molecule has 1 atom stereocenters. The number of ether oxygens (including phenoxy) is 1. The second kappa shape index (κ2) is 10.2. The number of hydrogen-bond acceptors (Lipinski definition) is 6. The maximum Gasteiger partial charge on any atom is 0.413 e. The smallest absolute Gasteiger partial charge is 0.413 e. The van der Waals surface area contributed by atoms with Crippen LogP contribution in [0.3, 0.4) is 0 Å². The summed E-state index contributed by atoms with van der Waals surface area (Å²) in [5.41, 5.74) is 0. The normalized spacial score (nSPS) is 11.2. The Morgan fingerprint density at radius 3 is 2.63 bits per heavy atom. The van der Waals surface area contributed by atoms with Crippen molar-refractivity contribution in [1.29, 1.82) is 0 Å². The Morgan fingerprint density at radius 1 is 1.42 bits per heavy atom. The van der Waals surface area contributed by atoms with Gasteiger partial charge in [-0.25, -0.2) is 9.59 Å². The number of carbonyl (C=O) groups excluding carboxylic acids is 3. The van der Waals surface area contributed by atoms with Crippen molar-refractivity contribution in [2.24, 2.45) is 0 Å². The Bertz CT molecular complexity index is 336. The van der Waals surface area contributed by atoms with Crippen molar-refractivity contribution in [3.05, 3.63) is 0 Å². The van der Waals surface area contributed by atoms with E-state index in [4.69, 9.17) is 5.11 Å². The number of carbonyl (C=O) groups is 4. The van der Waals surface area contributed by atoms with Gasteiger partial charge in [0.25, 0.3) is 0 Å². The number of amides is 3. The summed E-state index contributed by atoms with van der Waals surface area (Å²) in [4.78, 5) is 42.9. The summed E-state index contributed by atoms with van der Waals surface area (Å²) in [5, 5.41) is 12.9. The predicted molar refractivity (Wildman–Crippen MR) is 67.7 cm³/mol. The molecule has 0 spiro atoms. The highest BCUT2D eigenvalue weighted by atomic mass is 32.2. The average molecular weight is 292 g/mol. The molecule has 0 aromatic carbocycles. The van der Waals surface area contributed by atoms with Gasteiger partial charge in [-0.1, -0.05) is 0 Å². The molecule has 0 aliphatic rings. The number of aliphatic carboxylic acids is 1. The van der Waals surface area contributed by atoms with Gasteiger partial charge in [0.1, 0.15) is 6.04 Å². The third kappa shape index (κ3) is 8.89. The molecule has 0 saturated heterocycles. The van der Waals surface area contributed by atoms with Gasteiger partial charge in [-0.3, -0.25) is 14.9 Å². The molecule has 108 valence electrons. The molecule has 0 saturated carbocycles. The van der Waals surface area contributed by atoms with Crippen molar-refractivity contribution in [2.45, 2.75) is 19.4 Å². The summed E-state index contributed by atoms with van der Waals surface area (Å²) in [6.07, 6.45) is -0.304. The molecular formula is C10H16N2O6S. The minimum atomic E-state index is -1.14. The number of nitrogens with one attached hydrogen (secondary N) is 2. The lowest BCUT2D eigenvalue weighted by atomic mass is 10.2. The SMILES string of the molecule is CCOC(=O)NC(=O)CSCCC(NC=O)C(=O)O. The summed E-state index contributed by atoms with van der Waals surface area (Å²) in [7, 11) is 0. The molecule has 0 fully saturated rings. The molecule has 9 heteroatoms. The zero-order valence-corrected chi connectivity index (χ0v) is 11.2. The van der Waals surface area contributed by atoms with E-state index in [2.05, 4.69) is 10.1 Å². The average Bonchev–Trinajstić information content (AvgIpc) is 2.33. The number of carboxylic acids is 1. The van der Waals surface area contributed by atoms with E-state index in [-0.39, 0.29) is 18.8 Å². The highest BCUT2D eigenvalue weighted by molar-refractivity contribution is 7.99. The summed E-state index contributed by atoms with van der Waals surface area (Å²) in [5.74, 6) is -1.29. The molecule has 8 nitrogen and oxygen atoms in total. The van der Waals surface area contributed by atoms with Gasteiger partial charge in [-0.05, 0) is 19.1 Å². The quantitative estimate of drug-likeness (QED) is 0.390. The second-order valence-electron chi connectivity index (χ2n) is 3.29. The van der Waals surface area contributed by atoms with Crippen molar-refractivity contribution >= 4 is 36.1 Å². The molecule has 0 radical (unpaired) electrons. The van der Waals surface area contributed by atoms with Crippen LogP contribution >= 0.6 is 11.8 Å². The van der Waals surface area contributed by atoms with Crippen LogP contribution in [0.4, 0.5) is 4.79 Å². The fourth-order valence-corrected chi connectivity index (χ4v) is 1.85. The fraction of sp³-hybridized carbons (Fsp3) is 0.600. The van der Waals surface area contributed by atoms with Gasteiger partial charge in [0.05, 0.1) is 12.4 Å². The number of imide groups is 1. The van der Waals surface area contributed by atoms with E-state index in [1.54, 1.807) is 6.92 Å². The molecule has 0 aromatic rings. The van der Waals surface area contributed by atoms with Crippen LogP contribution in [0.5, 0.6) is 0 Å². The van der Waals surface area contributed by atoms with Crippen molar-refractivity contribution in [3.63, 3.8) is 0 Å². The van der Waals surface area contributed by atoms with Crippen LogP contribution in [0.1, 0.15) is 13.3 Å². The highest BCUT2D eigenvalue weighted by Crippen LogP contribution is 2.05. The standard InChI is InChI=1S/C10H16N2O6S/c1-2-18-10(17)12-8(14)5-19-4-3-7(9(15)16)11-6-13/h6-7H,2-5H2,1H3,(H,11,13)(H,15,16)(H,12,14,17). The number of rotatable bonds is 9. The molecule has 3 amide bonds. The first kappa shape index (κ1) is 17.2. The maximum absolute atomic E-state index is 11.2. The minimum absolute atomic E-state index is 0.00619. The third-order valence-electron chi connectivity index (χ3n) is 1.87. The topological polar surface area (TPSA) is 122 Å². The van der Waals surface area contributed by atoms with E-state index < -0.39 is 24.0 Å². The second-order valence-corrected chi connectivity index (χ2v) is 4.39. The summed E-state index contributed by atoms with van der Waals surface area (Å²) < 4.78 is 4.51. The van der Waals surface area contributed by atoms with Gasteiger partial charge >= 0.3 is 12.1 Å².